The third-order valence-corrected chi connectivity index (χ3v) is 5.05. The molecule has 0 aliphatic rings. The van der Waals surface area contributed by atoms with Crippen LogP contribution in [0.2, 0.25) is 0 Å². The van der Waals surface area contributed by atoms with Gasteiger partial charge in [-0.2, -0.15) is 0 Å². The summed E-state index contributed by atoms with van der Waals surface area (Å²) in [5.41, 5.74) is 0.656. The van der Waals surface area contributed by atoms with Gasteiger partial charge in [0, 0.05) is 28.8 Å². The predicted octanol–water partition coefficient (Wildman–Crippen LogP) is 2.03. The summed E-state index contributed by atoms with van der Waals surface area (Å²) >= 11 is 0. The molecule has 2 aromatic rings. The van der Waals surface area contributed by atoms with Crippen LogP contribution in [0.15, 0.2) is 59.5 Å². The summed E-state index contributed by atoms with van der Waals surface area (Å²) in [6, 6.07) is 13.7. The lowest BCUT2D eigenvalue weighted by atomic mass is 10.1. The van der Waals surface area contributed by atoms with Crippen molar-refractivity contribution in [1.29, 1.82) is 0 Å². The first-order valence-electron chi connectivity index (χ1n) is 8.21. The Hall–Kier alpha value is -3.00. The summed E-state index contributed by atoms with van der Waals surface area (Å²) in [5.74, 6) is -1.96. The number of amides is 2. The van der Waals surface area contributed by atoms with Crippen LogP contribution in [0.25, 0.3) is 0 Å². The summed E-state index contributed by atoms with van der Waals surface area (Å²) in [5, 5.41) is 14.3. The Bertz CT molecular complexity index is 854. The number of hydrogen-bond donors (Lipinski definition) is 3. The van der Waals surface area contributed by atoms with Gasteiger partial charge in [0.15, 0.2) is 0 Å². The molecule has 8 heteroatoms. The Labute approximate surface area is 159 Å². The van der Waals surface area contributed by atoms with Crippen molar-refractivity contribution in [2.45, 2.75) is 24.3 Å². The van der Waals surface area contributed by atoms with E-state index in [9.17, 15) is 23.7 Å². The maximum atomic E-state index is 12.3. The monoisotopic (exact) mass is 388 g/mol. The van der Waals surface area contributed by atoms with E-state index in [0.717, 1.165) is 0 Å². The number of hydrogen-bond acceptors (Lipinski definition) is 4. The van der Waals surface area contributed by atoms with Crippen molar-refractivity contribution < 1.29 is 23.7 Å². The van der Waals surface area contributed by atoms with Gasteiger partial charge in [0.2, 0.25) is 5.91 Å². The number of nitrogens with one attached hydrogen (secondary N) is 2. The molecule has 0 radical (unpaired) electrons. The summed E-state index contributed by atoms with van der Waals surface area (Å²) in [4.78, 5) is 35.5. The molecule has 2 aromatic carbocycles. The van der Waals surface area contributed by atoms with Crippen molar-refractivity contribution in [2.75, 3.05) is 11.1 Å². The zero-order valence-electron chi connectivity index (χ0n) is 14.7. The third kappa shape index (κ3) is 6.34. The molecule has 0 aliphatic heterocycles. The van der Waals surface area contributed by atoms with E-state index in [1.54, 1.807) is 42.5 Å². The lowest BCUT2D eigenvalue weighted by Crippen LogP contribution is -2.41. The molecular formula is C19H20N2O5S. The van der Waals surface area contributed by atoms with E-state index < -0.39 is 28.7 Å². The summed E-state index contributed by atoms with van der Waals surface area (Å²) in [7, 11) is -1.35. The van der Waals surface area contributed by atoms with Crippen LogP contribution in [0.4, 0.5) is 5.69 Å². The minimum Gasteiger partial charge on any atom is -0.480 e. The number of carboxylic acids is 1. The Kier molecular flexibility index (Phi) is 7.25. The van der Waals surface area contributed by atoms with Crippen molar-refractivity contribution in [3.63, 3.8) is 0 Å². The number of rotatable bonds is 8. The highest BCUT2D eigenvalue weighted by atomic mass is 32.2. The van der Waals surface area contributed by atoms with Gasteiger partial charge >= 0.3 is 5.97 Å². The molecule has 142 valence electrons. The average molecular weight is 388 g/mol. The predicted molar refractivity (Wildman–Crippen MR) is 102 cm³/mol. The fourth-order valence-electron chi connectivity index (χ4n) is 2.36. The lowest BCUT2D eigenvalue weighted by Gasteiger charge is -2.15. The van der Waals surface area contributed by atoms with Crippen LogP contribution >= 0.6 is 0 Å². The molecule has 7 nitrogen and oxygen atoms in total. The highest BCUT2D eigenvalue weighted by molar-refractivity contribution is 7.85. The minimum atomic E-state index is -1.35. The fraction of sp³-hybridized carbons (Fsp3) is 0.211. The first-order valence-corrected chi connectivity index (χ1v) is 9.53. The molecule has 3 N–H and O–H groups in total. The van der Waals surface area contributed by atoms with Gasteiger partial charge in [-0.1, -0.05) is 24.3 Å². The molecule has 2 rings (SSSR count). The molecular weight excluding hydrogens is 368 g/mol. The molecule has 0 heterocycles. The van der Waals surface area contributed by atoms with Gasteiger partial charge in [-0.25, -0.2) is 4.79 Å². The number of anilines is 1. The van der Waals surface area contributed by atoms with Gasteiger partial charge in [-0.15, -0.1) is 0 Å². The molecule has 0 aliphatic carbocycles. The van der Waals surface area contributed by atoms with Crippen LogP contribution in [0.1, 0.15) is 23.7 Å². The summed E-state index contributed by atoms with van der Waals surface area (Å²) in [6.45, 7) is 1.35. The number of aliphatic carboxylic acids is 1. The molecule has 0 spiro atoms. The maximum Gasteiger partial charge on any atom is 0.326 e. The van der Waals surface area contributed by atoms with Gasteiger partial charge in [-0.3, -0.25) is 13.8 Å². The van der Waals surface area contributed by atoms with Crippen LogP contribution in [0.3, 0.4) is 0 Å². The largest absolute Gasteiger partial charge is 0.480 e. The summed E-state index contributed by atoms with van der Waals surface area (Å²) in [6.07, 6.45) is 0.0218. The van der Waals surface area contributed by atoms with Crippen molar-refractivity contribution in [3.05, 3.63) is 60.2 Å². The van der Waals surface area contributed by atoms with Crippen LogP contribution in [0, 0.1) is 0 Å². The minimum absolute atomic E-state index is 0.0218. The van der Waals surface area contributed by atoms with Gasteiger partial charge in [0.05, 0.1) is 10.8 Å². The Balaban J connectivity index is 2.01. The zero-order chi connectivity index (χ0) is 19.8. The molecule has 0 saturated carbocycles. The van der Waals surface area contributed by atoms with E-state index in [2.05, 4.69) is 10.6 Å². The number of benzene rings is 2. The smallest absolute Gasteiger partial charge is 0.326 e. The van der Waals surface area contributed by atoms with E-state index in [-0.39, 0.29) is 23.6 Å². The molecule has 2 amide bonds. The second-order valence-corrected chi connectivity index (χ2v) is 7.35. The van der Waals surface area contributed by atoms with Gasteiger partial charge in [0.1, 0.15) is 6.04 Å². The Morgan fingerprint density at radius 1 is 1.07 bits per heavy atom. The van der Waals surface area contributed by atoms with E-state index in [1.165, 1.54) is 19.1 Å². The molecule has 0 saturated heterocycles. The fourth-order valence-corrected chi connectivity index (χ4v) is 3.50. The molecule has 0 unspecified atom stereocenters. The first kappa shape index (κ1) is 20.3. The van der Waals surface area contributed by atoms with Crippen molar-refractivity contribution in [2.24, 2.45) is 0 Å². The molecule has 27 heavy (non-hydrogen) atoms. The lowest BCUT2D eigenvalue weighted by molar-refractivity contribution is -0.139. The standard InChI is InChI=1S/C19H20N2O5S/c1-13(22)20-15-7-5-6-14(12-15)18(23)21-17(19(24)25)10-11-27(26)16-8-3-2-4-9-16/h2-9,12,17H,10-11H2,1H3,(H,20,22)(H,21,23)(H,24,25)/t17-,27-/m0/s1. The van der Waals surface area contributed by atoms with Crippen LogP contribution in [-0.4, -0.2) is 38.9 Å². The molecule has 0 fully saturated rings. The quantitative estimate of drug-likeness (QED) is 0.640. The molecule has 0 aromatic heterocycles. The first-order chi connectivity index (χ1) is 12.9. The maximum absolute atomic E-state index is 12.3. The van der Waals surface area contributed by atoms with Crippen LogP contribution in [0.5, 0.6) is 0 Å². The van der Waals surface area contributed by atoms with E-state index in [1.807, 2.05) is 0 Å². The topological polar surface area (TPSA) is 113 Å². The van der Waals surface area contributed by atoms with Gasteiger partial charge < -0.3 is 15.7 Å². The normalized spacial score (nSPS) is 12.6. The Morgan fingerprint density at radius 2 is 1.78 bits per heavy atom. The number of carbonyl (C=O) groups is 3. The van der Waals surface area contributed by atoms with Crippen molar-refractivity contribution in [3.8, 4) is 0 Å². The second kappa shape index (κ2) is 9.63. The highest BCUT2D eigenvalue weighted by Crippen LogP contribution is 2.12. The third-order valence-electron chi connectivity index (χ3n) is 3.65. The highest BCUT2D eigenvalue weighted by Gasteiger charge is 2.22. The van der Waals surface area contributed by atoms with Gasteiger partial charge in [-0.05, 0) is 36.8 Å². The molecule has 0 bridgehead atoms. The second-order valence-electron chi connectivity index (χ2n) is 5.78. The average Bonchev–Trinajstić information content (AvgIpc) is 2.64. The Morgan fingerprint density at radius 3 is 2.41 bits per heavy atom. The summed E-state index contributed by atoms with van der Waals surface area (Å²) < 4.78 is 12.2. The van der Waals surface area contributed by atoms with Crippen molar-refractivity contribution >= 4 is 34.3 Å². The van der Waals surface area contributed by atoms with E-state index >= 15 is 0 Å². The zero-order valence-corrected chi connectivity index (χ0v) is 15.5. The van der Waals surface area contributed by atoms with Crippen molar-refractivity contribution in [1.82, 2.24) is 5.32 Å². The molecule has 2 atom stereocenters. The number of carboxylic acid groups (broad SMARTS) is 1. The van der Waals surface area contributed by atoms with Crippen LogP contribution < -0.4 is 10.6 Å². The van der Waals surface area contributed by atoms with Crippen LogP contribution in [-0.2, 0) is 20.4 Å². The van der Waals surface area contributed by atoms with E-state index in [0.29, 0.717) is 10.6 Å². The van der Waals surface area contributed by atoms with E-state index in [4.69, 9.17) is 0 Å². The SMILES string of the molecule is CC(=O)Nc1cccc(C(=O)N[C@@H](CC[S@](=O)c2ccccc2)C(=O)O)c1. The van der Waals surface area contributed by atoms with Gasteiger partial charge in [0.25, 0.3) is 5.91 Å². The number of carbonyl (C=O) groups excluding carboxylic acids is 2.